The van der Waals surface area contributed by atoms with E-state index < -0.39 is 11.6 Å². The Hall–Kier alpha value is -2.96. The third-order valence-corrected chi connectivity index (χ3v) is 5.81. The third kappa shape index (κ3) is 4.61. The number of fused-ring (bicyclic) bond motifs is 1. The summed E-state index contributed by atoms with van der Waals surface area (Å²) in [6.45, 7) is 1.73. The molecule has 2 unspecified atom stereocenters. The van der Waals surface area contributed by atoms with Crippen molar-refractivity contribution in [2.75, 3.05) is 13.1 Å². The molecule has 5 nitrogen and oxygen atoms in total. The minimum absolute atomic E-state index is 0.0384. The molecule has 1 heterocycles. The predicted molar refractivity (Wildman–Crippen MR) is 109 cm³/mol. The molecule has 0 radical (unpaired) electrons. The van der Waals surface area contributed by atoms with E-state index in [4.69, 9.17) is 0 Å². The van der Waals surface area contributed by atoms with Gasteiger partial charge in [-0.15, -0.1) is 0 Å². The minimum atomic E-state index is -0.580. The lowest BCUT2D eigenvalue weighted by atomic mass is 9.99. The van der Waals surface area contributed by atoms with Gasteiger partial charge in [0, 0.05) is 43.6 Å². The van der Waals surface area contributed by atoms with Crippen molar-refractivity contribution in [2.24, 2.45) is 0 Å². The van der Waals surface area contributed by atoms with Gasteiger partial charge in [-0.3, -0.25) is 4.79 Å². The Kier molecular flexibility index (Phi) is 5.97. The summed E-state index contributed by atoms with van der Waals surface area (Å²) >= 11 is 0. The zero-order valence-electron chi connectivity index (χ0n) is 16.7. The van der Waals surface area contributed by atoms with Crippen LogP contribution in [0.3, 0.4) is 0 Å². The van der Waals surface area contributed by atoms with E-state index >= 15 is 0 Å². The molecule has 7 heteroatoms. The molecule has 1 aliphatic carbocycles. The Morgan fingerprint density at radius 3 is 2.53 bits per heavy atom. The predicted octanol–water partition coefficient (Wildman–Crippen LogP) is 3.49. The zero-order chi connectivity index (χ0) is 21.1. The fraction of sp³-hybridized carbons (Fsp3) is 0.391. The van der Waals surface area contributed by atoms with E-state index in [2.05, 4.69) is 22.8 Å². The molecule has 0 saturated heterocycles. The standard InChI is InChI=1S/C23H25F2N3O2/c24-18-7-3-8-19(25)22(18)17-13-20(17)27-23(30)26-11-4-9-21(29)28-12-10-15-5-1-2-6-16(15)14-28/h1-3,5-8,17,20H,4,9-14H2,(H2,26,27,30). The van der Waals surface area contributed by atoms with E-state index in [0.29, 0.717) is 32.4 Å². The number of urea groups is 1. The van der Waals surface area contributed by atoms with Crippen LogP contribution in [0.15, 0.2) is 42.5 Å². The van der Waals surface area contributed by atoms with Gasteiger partial charge >= 0.3 is 6.03 Å². The molecule has 1 aliphatic heterocycles. The summed E-state index contributed by atoms with van der Waals surface area (Å²) in [6, 6.07) is 11.3. The number of benzene rings is 2. The van der Waals surface area contributed by atoms with Gasteiger partial charge in [0.1, 0.15) is 11.6 Å². The number of carbonyl (C=O) groups excluding carboxylic acids is 2. The maximum atomic E-state index is 13.8. The molecule has 0 aromatic heterocycles. The van der Waals surface area contributed by atoms with E-state index in [9.17, 15) is 18.4 Å². The van der Waals surface area contributed by atoms with Crippen molar-refractivity contribution in [3.63, 3.8) is 0 Å². The quantitative estimate of drug-likeness (QED) is 0.713. The lowest BCUT2D eigenvalue weighted by Crippen LogP contribution is -2.39. The van der Waals surface area contributed by atoms with E-state index in [-0.39, 0.29) is 29.5 Å². The van der Waals surface area contributed by atoms with Crippen LogP contribution in [0.4, 0.5) is 13.6 Å². The Bertz CT molecular complexity index is 930. The first-order valence-electron chi connectivity index (χ1n) is 10.4. The van der Waals surface area contributed by atoms with Crippen LogP contribution in [-0.4, -0.2) is 36.0 Å². The van der Waals surface area contributed by atoms with Crippen LogP contribution in [0.1, 0.15) is 41.9 Å². The van der Waals surface area contributed by atoms with E-state index in [1.165, 1.54) is 29.3 Å². The van der Waals surface area contributed by atoms with Crippen molar-refractivity contribution in [1.29, 1.82) is 0 Å². The molecule has 2 aliphatic rings. The fourth-order valence-corrected chi connectivity index (χ4v) is 4.07. The average Bonchev–Trinajstić information content (AvgIpc) is 3.48. The Morgan fingerprint density at radius 1 is 1.03 bits per heavy atom. The molecule has 3 amide bonds. The zero-order valence-corrected chi connectivity index (χ0v) is 16.7. The van der Waals surface area contributed by atoms with Gasteiger partial charge in [-0.1, -0.05) is 30.3 Å². The van der Waals surface area contributed by atoms with Crippen LogP contribution in [0, 0.1) is 11.6 Å². The highest BCUT2D eigenvalue weighted by Crippen LogP contribution is 2.43. The molecule has 0 spiro atoms. The number of halogens is 2. The van der Waals surface area contributed by atoms with Crippen molar-refractivity contribution in [2.45, 2.75) is 44.2 Å². The molecular formula is C23H25F2N3O2. The van der Waals surface area contributed by atoms with E-state index in [0.717, 1.165) is 13.0 Å². The fourth-order valence-electron chi connectivity index (χ4n) is 4.07. The van der Waals surface area contributed by atoms with Crippen molar-refractivity contribution >= 4 is 11.9 Å². The number of nitrogens with one attached hydrogen (secondary N) is 2. The Labute approximate surface area is 174 Å². The maximum Gasteiger partial charge on any atom is 0.315 e. The molecule has 1 fully saturated rings. The Morgan fingerprint density at radius 2 is 1.77 bits per heavy atom. The van der Waals surface area contributed by atoms with Crippen LogP contribution < -0.4 is 10.6 Å². The van der Waals surface area contributed by atoms with Gasteiger partial charge in [0.2, 0.25) is 5.91 Å². The van der Waals surface area contributed by atoms with Gasteiger partial charge in [0.25, 0.3) is 0 Å². The first-order valence-corrected chi connectivity index (χ1v) is 10.4. The topological polar surface area (TPSA) is 61.4 Å². The van der Waals surface area contributed by atoms with Gasteiger partial charge in [0.15, 0.2) is 0 Å². The summed E-state index contributed by atoms with van der Waals surface area (Å²) in [6.07, 6.45) is 2.29. The first kappa shape index (κ1) is 20.3. The van der Waals surface area contributed by atoms with Crippen LogP contribution in [0.2, 0.25) is 0 Å². The van der Waals surface area contributed by atoms with Crippen molar-refractivity contribution in [1.82, 2.24) is 15.5 Å². The molecular weight excluding hydrogens is 388 g/mol. The number of hydrogen-bond donors (Lipinski definition) is 2. The SMILES string of the molecule is O=C(NCCCC(=O)N1CCc2ccccc2C1)NC1CC1c1c(F)cccc1F. The average molecular weight is 413 g/mol. The van der Waals surface area contributed by atoms with E-state index in [1.54, 1.807) is 0 Å². The summed E-state index contributed by atoms with van der Waals surface area (Å²) in [5.41, 5.74) is 2.53. The van der Waals surface area contributed by atoms with Gasteiger partial charge < -0.3 is 15.5 Å². The molecule has 1 saturated carbocycles. The highest BCUT2D eigenvalue weighted by atomic mass is 19.1. The molecule has 4 rings (SSSR count). The molecule has 2 aromatic carbocycles. The number of rotatable bonds is 6. The second kappa shape index (κ2) is 8.81. The Balaban J connectivity index is 1.15. The van der Waals surface area contributed by atoms with Gasteiger partial charge in [-0.2, -0.15) is 0 Å². The first-order chi connectivity index (χ1) is 14.5. The normalized spacial score (nSPS) is 19.7. The molecule has 2 N–H and O–H groups in total. The highest BCUT2D eigenvalue weighted by Gasteiger charge is 2.42. The smallest absolute Gasteiger partial charge is 0.315 e. The molecule has 0 bridgehead atoms. The third-order valence-electron chi connectivity index (χ3n) is 5.81. The van der Waals surface area contributed by atoms with Gasteiger partial charge in [0.05, 0.1) is 0 Å². The van der Waals surface area contributed by atoms with Crippen LogP contribution in [-0.2, 0) is 17.8 Å². The molecule has 2 aromatic rings. The summed E-state index contributed by atoms with van der Waals surface area (Å²) in [5, 5.41) is 5.46. The lowest BCUT2D eigenvalue weighted by Gasteiger charge is -2.29. The van der Waals surface area contributed by atoms with Crippen LogP contribution in [0.25, 0.3) is 0 Å². The second-order valence-electron chi connectivity index (χ2n) is 7.92. The highest BCUT2D eigenvalue weighted by molar-refractivity contribution is 5.77. The molecule has 158 valence electrons. The van der Waals surface area contributed by atoms with E-state index in [1.807, 2.05) is 17.0 Å². The lowest BCUT2D eigenvalue weighted by molar-refractivity contribution is -0.132. The summed E-state index contributed by atoms with van der Waals surface area (Å²) < 4.78 is 27.6. The molecule has 30 heavy (non-hydrogen) atoms. The van der Waals surface area contributed by atoms with Crippen LogP contribution in [0.5, 0.6) is 0 Å². The van der Waals surface area contributed by atoms with Crippen molar-refractivity contribution < 1.29 is 18.4 Å². The van der Waals surface area contributed by atoms with Crippen molar-refractivity contribution in [3.05, 3.63) is 70.8 Å². The van der Waals surface area contributed by atoms with Crippen molar-refractivity contribution in [3.8, 4) is 0 Å². The maximum absolute atomic E-state index is 13.8. The number of amides is 3. The summed E-state index contributed by atoms with van der Waals surface area (Å²) in [4.78, 5) is 26.3. The number of hydrogen-bond acceptors (Lipinski definition) is 2. The molecule has 2 atom stereocenters. The largest absolute Gasteiger partial charge is 0.338 e. The second-order valence-corrected chi connectivity index (χ2v) is 7.92. The monoisotopic (exact) mass is 413 g/mol. The summed E-state index contributed by atoms with van der Waals surface area (Å²) in [5.74, 6) is -1.41. The minimum Gasteiger partial charge on any atom is -0.338 e. The van der Waals surface area contributed by atoms with Gasteiger partial charge in [-0.05, 0) is 42.5 Å². The number of nitrogens with zero attached hydrogens (tertiary/aromatic N) is 1. The van der Waals surface area contributed by atoms with Crippen LogP contribution >= 0.6 is 0 Å². The van der Waals surface area contributed by atoms with Gasteiger partial charge in [-0.25, -0.2) is 13.6 Å². The summed E-state index contributed by atoms with van der Waals surface area (Å²) in [7, 11) is 0. The number of carbonyl (C=O) groups is 2.